The van der Waals surface area contributed by atoms with Crippen molar-refractivity contribution in [1.82, 2.24) is 10.2 Å². The second-order valence-corrected chi connectivity index (χ2v) is 9.40. The van der Waals surface area contributed by atoms with E-state index in [0.717, 1.165) is 61.2 Å². The Hall–Kier alpha value is -2.65. The van der Waals surface area contributed by atoms with Gasteiger partial charge in [-0.15, -0.1) is 0 Å². The number of rotatable bonds is 16. The predicted octanol–water partition coefficient (Wildman–Crippen LogP) is 2.96. The average Bonchev–Trinajstić information content (AvgIpc) is 2.87. The van der Waals surface area contributed by atoms with Gasteiger partial charge < -0.3 is 31.9 Å². The summed E-state index contributed by atoms with van der Waals surface area (Å²) in [6.45, 7) is 4.62. The highest BCUT2D eigenvalue weighted by atomic mass is 79.9. The maximum Gasteiger partial charge on any atom is 0.347 e. The first-order chi connectivity index (χ1) is 17.5. The van der Waals surface area contributed by atoms with E-state index in [-0.39, 0.29) is 22.5 Å². The summed E-state index contributed by atoms with van der Waals surface area (Å²) in [5.74, 6) is 2.84. The largest absolute Gasteiger partial charge is 1.00 e. The van der Waals surface area contributed by atoms with Crippen LogP contribution < -0.4 is 31.8 Å². The second-order valence-electron chi connectivity index (χ2n) is 9.40. The molecule has 0 aromatic heterocycles. The molecule has 0 aliphatic rings. The molecule has 0 radical (unpaired) electrons. The quantitative estimate of drug-likeness (QED) is 0.106. The molecule has 0 heterocycles. The molecule has 8 nitrogen and oxygen atoms in total. The zero-order valence-electron chi connectivity index (χ0n) is 23.9. The molecule has 2 aromatic carbocycles. The highest BCUT2D eigenvalue weighted by molar-refractivity contribution is 5.74. The number of benzene rings is 2. The molecule has 0 saturated carbocycles. The molecule has 0 aliphatic heterocycles. The molecule has 0 unspecified atom stereocenters. The monoisotopic (exact) mass is 593 g/mol. The Balaban J connectivity index is 0.00000684. The lowest BCUT2D eigenvalue weighted by molar-refractivity contribution is -0.472. The molecule has 0 aliphatic carbocycles. The minimum atomic E-state index is 0. The number of nitrogens with one attached hydrogen (secondary N) is 1. The van der Waals surface area contributed by atoms with Crippen molar-refractivity contribution < 1.29 is 36.5 Å². The van der Waals surface area contributed by atoms with E-state index in [9.17, 15) is 0 Å². The van der Waals surface area contributed by atoms with Gasteiger partial charge in [-0.1, -0.05) is 39.0 Å². The van der Waals surface area contributed by atoms with Crippen LogP contribution in [0.15, 0.2) is 58.8 Å². The van der Waals surface area contributed by atoms with Gasteiger partial charge >= 0.3 is 5.96 Å². The highest BCUT2D eigenvalue weighted by Gasteiger charge is 2.09. The first kappa shape index (κ1) is 35.4. The van der Waals surface area contributed by atoms with Crippen LogP contribution in [0.2, 0.25) is 0 Å². The summed E-state index contributed by atoms with van der Waals surface area (Å²) >= 11 is 0. The van der Waals surface area contributed by atoms with Crippen molar-refractivity contribution >= 4 is 17.3 Å². The van der Waals surface area contributed by atoms with Crippen LogP contribution in [0, 0.1) is 0 Å². The molecule has 2 rings (SSSR count). The Morgan fingerprint density at radius 2 is 1.18 bits per heavy atom. The lowest BCUT2D eigenvalue weighted by Gasteiger charge is -2.13. The molecule has 0 saturated heterocycles. The van der Waals surface area contributed by atoms with Crippen molar-refractivity contribution in [3.05, 3.63) is 48.5 Å². The number of ether oxygens (including phenoxy) is 2. The van der Waals surface area contributed by atoms with E-state index in [1.807, 2.05) is 76.7 Å². The van der Waals surface area contributed by atoms with Crippen LogP contribution in [0.4, 0.5) is 11.4 Å². The van der Waals surface area contributed by atoms with Gasteiger partial charge in [0.25, 0.3) is 0 Å². The number of unbranched alkanes of at least 4 members (excludes halogenated alkanes) is 6. The minimum Gasteiger partial charge on any atom is -1.00 e. The van der Waals surface area contributed by atoms with Gasteiger partial charge in [-0.3, -0.25) is 14.8 Å². The van der Waals surface area contributed by atoms with Crippen LogP contribution in [-0.2, 0) is 0 Å². The summed E-state index contributed by atoms with van der Waals surface area (Å²) in [6.07, 6.45) is 9.63. The van der Waals surface area contributed by atoms with Crippen molar-refractivity contribution in [2.75, 3.05) is 47.9 Å². The number of halogens is 1. The minimum absolute atomic E-state index is 0. The Morgan fingerprint density at radius 1 is 0.737 bits per heavy atom. The molecule has 0 fully saturated rings. The second kappa shape index (κ2) is 21.3. The average molecular weight is 595 g/mol. The van der Waals surface area contributed by atoms with Crippen molar-refractivity contribution in [3.63, 3.8) is 0 Å². The van der Waals surface area contributed by atoms with Gasteiger partial charge in [-0.05, 0) is 67.8 Å². The van der Waals surface area contributed by atoms with E-state index in [1.54, 1.807) is 0 Å². The van der Waals surface area contributed by atoms with Gasteiger partial charge in [0.05, 0.1) is 59.3 Å². The first-order valence-electron chi connectivity index (χ1n) is 13.3. The lowest BCUT2D eigenvalue weighted by Crippen LogP contribution is -3.00. The molecule has 3 N–H and O–H groups in total. The summed E-state index contributed by atoms with van der Waals surface area (Å²) in [7, 11) is 8.16. The number of guanidine groups is 1. The Bertz CT molecular complexity index is 915. The maximum absolute atomic E-state index is 5.86. The Labute approximate surface area is 240 Å². The molecular weight excluding hydrogens is 546 g/mol. The SMILES string of the molecule is CCCCCCCCOc1ccc(N=Nc2ccc(OCCCCNC(N(C)C)=[N+](C)C)cc2)cc1.O.[Br-]. The first-order valence-corrected chi connectivity index (χ1v) is 13.3. The third-order valence-corrected chi connectivity index (χ3v) is 5.69. The fourth-order valence-corrected chi connectivity index (χ4v) is 3.74. The number of nitrogens with zero attached hydrogens (tertiary/aromatic N) is 4. The molecule has 0 spiro atoms. The third-order valence-electron chi connectivity index (χ3n) is 5.69. The van der Waals surface area contributed by atoms with Crippen LogP contribution in [0.1, 0.15) is 58.3 Å². The molecule has 2 aromatic rings. The summed E-state index contributed by atoms with van der Waals surface area (Å²) in [5.41, 5.74) is 1.60. The molecule has 0 bridgehead atoms. The van der Waals surface area contributed by atoms with Gasteiger partial charge in [0.1, 0.15) is 11.5 Å². The van der Waals surface area contributed by atoms with E-state index in [1.165, 1.54) is 32.1 Å². The normalized spacial score (nSPS) is 10.3. The standard InChI is InChI=1S/C29H45N5O2.BrH.H2O/c1-6-7-8-9-10-12-23-35-27-18-14-25(15-19-27)31-32-26-16-20-28(21-17-26)36-24-13-11-22-30-29(33(2)3)34(4)5;;/h14-21H,6-13,22-24H2,1-5H3;1H;1H2. The van der Waals surface area contributed by atoms with Crippen LogP contribution >= 0.6 is 0 Å². The summed E-state index contributed by atoms with van der Waals surface area (Å²) in [5, 5.41) is 12.1. The maximum atomic E-state index is 5.86. The van der Waals surface area contributed by atoms with Gasteiger partial charge in [-0.2, -0.15) is 10.2 Å². The summed E-state index contributed by atoms with van der Waals surface area (Å²) < 4.78 is 13.8. The van der Waals surface area contributed by atoms with Crippen molar-refractivity contribution in [2.45, 2.75) is 58.3 Å². The van der Waals surface area contributed by atoms with Crippen LogP contribution in [0.5, 0.6) is 11.5 Å². The van der Waals surface area contributed by atoms with E-state index in [2.05, 4.69) is 31.9 Å². The van der Waals surface area contributed by atoms with Gasteiger partial charge in [-0.25, -0.2) is 0 Å². The zero-order chi connectivity index (χ0) is 26.0. The summed E-state index contributed by atoms with van der Waals surface area (Å²) in [4.78, 5) is 2.08. The third kappa shape index (κ3) is 14.9. The Morgan fingerprint density at radius 3 is 1.63 bits per heavy atom. The van der Waals surface area contributed by atoms with Crippen LogP contribution in [0.3, 0.4) is 0 Å². The van der Waals surface area contributed by atoms with Crippen LogP contribution in [-0.4, -0.2) is 68.9 Å². The van der Waals surface area contributed by atoms with Crippen molar-refractivity contribution in [3.8, 4) is 11.5 Å². The van der Waals surface area contributed by atoms with Crippen LogP contribution in [0.25, 0.3) is 0 Å². The molecule has 0 amide bonds. The fraction of sp³-hybridized carbons (Fsp3) is 0.552. The van der Waals surface area contributed by atoms with Gasteiger partial charge in [0.15, 0.2) is 0 Å². The van der Waals surface area contributed by atoms with E-state index >= 15 is 0 Å². The van der Waals surface area contributed by atoms with E-state index in [4.69, 9.17) is 9.47 Å². The zero-order valence-corrected chi connectivity index (χ0v) is 25.5. The Kier molecular flexibility index (Phi) is 19.8. The van der Waals surface area contributed by atoms with Crippen molar-refractivity contribution in [2.24, 2.45) is 10.2 Å². The fourth-order valence-electron chi connectivity index (χ4n) is 3.74. The van der Waals surface area contributed by atoms with E-state index in [0.29, 0.717) is 6.61 Å². The number of hydrogen-bond donors (Lipinski definition) is 1. The van der Waals surface area contributed by atoms with Crippen molar-refractivity contribution in [1.29, 1.82) is 0 Å². The molecule has 0 atom stereocenters. The highest BCUT2D eigenvalue weighted by Crippen LogP contribution is 2.23. The van der Waals surface area contributed by atoms with Gasteiger partial charge in [0.2, 0.25) is 0 Å². The topological polar surface area (TPSA) is 93.0 Å². The molecule has 214 valence electrons. The lowest BCUT2D eigenvalue weighted by atomic mass is 10.1. The molecular formula is C29H48BrN5O3. The van der Waals surface area contributed by atoms with Gasteiger partial charge in [0, 0.05) is 0 Å². The predicted molar refractivity (Wildman–Crippen MR) is 153 cm³/mol. The molecule has 9 heteroatoms. The number of azo groups is 1. The smallest absolute Gasteiger partial charge is 0.347 e. The molecule has 38 heavy (non-hydrogen) atoms. The number of hydrogen-bond acceptors (Lipinski definition) is 4. The summed E-state index contributed by atoms with van der Waals surface area (Å²) in [6, 6.07) is 15.5. The van der Waals surface area contributed by atoms with E-state index < -0.39 is 0 Å².